The molecule has 0 bridgehead atoms. The highest BCUT2D eigenvalue weighted by atomic mass is 19.4. The maximum atomic E-state index is 12.3. The monoisotopic (exact) mass is 239 g/mol. The van der Waals surface area contributed by atoms with Gasteiger partial charge in [0, 0.05) is 0 Å². The Bertz CT molecular complexity index is 385. The van der Waals surface area contributed by atoms with Crippen molar-refractivity contribution in [3.05, 3.63) is 11.3 Å². The fourth-order valence-corrected chi connectivity index (χ4v) is 0.903. The minimum absolute atomic E-state index is 0.309. The van der Waals surface area contributed by atoms with Gasteiger partial charge in [0.1, 0.15) is 0 Å². The molecule has 5 nitrogen and oxygen atoms in total. The first-order valence-electron chi connectivity index (χ1n) is 4.09. The number of esters is 1. The molecular weight excluding hydrogens is 231 g/mol. The predicted molar refractivity (Wildman–Crippen MR) is 43.8 cm³/mol. The Labute approximate surface area is 88.1 Å². The first-order chi connectivity index (χ1) is 7.36. The van der Waals surface area contributed by atoms with E-state index in [2.05, 4.69) is 19.2 Å². The largest absolute Gasteiger partial charge is 0.466 e. The number of nitrogens with zero attached hydrogens (tertiary/aromatic N) is 1. The average Bonchev–Trinajstić information content (AvgIpc) is 2.55. The summed E-state index contributed by atoms with van der Waals surface area (Å²) in [6, 6.07) is 0. The maximum absolute atomic E-state index is 12.3. The Morgan fingerprint density at radius 3 is 2.56 bits per heavy atom. The van der Waals surface area contributed by atoms with Gasteiger partial charge in [-0.2, -0.15) is 13.2 Å². The van der Waals surface area contributed by atoms with Crippen molar-refractivity contribution in [2.24, 2.45) is 0 Å². The van der Waals surface area contributed by atoms with E-state index in [0.29, 0.717) is 0 Å². The van der Waals surface area contributed by atoms with Crippen molar-refractivity contribution < 1.29 is 32.0 Å². The summed E-state index contributed by atoms with van der Waals surface area (Å²) < 4.78 is 50.0. The highest BCUT2D eigenvalue weighted by Gasteiger charge is 2.38. The number of ether oxygens (including phenoxy) is 2. The van der Waals surface area contributed by atoms with Gasteiger partial charge in [-0.3, -0.25) is 0 Å². The topological polar surface area (TPSA) is 61.6 Å². The molecule has 90 valence electrons. The summed E-state index contributed by atoms with van der Waals surface area (Å²) in [5.74, 6) is -1.18. The van der Waals surface area contributed by atoms with Gasteiger partial charge < -0.3 is 14.0 Å². The third kappa shape index (κ3) is 2.65. The van der Waals surface area contributed by atoms with E-state index in [-0.39, 0.29) is 5.56 Å². The number of aromatic nitrogens is 1. The van der Waals surface area contributed by atoms with Crippen molar-refractivity contribution in [3.63, 3.8) is 0 Å². The minimum Gasteiger partial charge on any atom is -0.466 e. The first kappa shape index (κ1) is 12.3. The zero-order chi connectivity index (χ0) is 12.3. The van der Waals surface area contributed by atoms with Crippen LogP contribution >= 0.6 is 0 Å². The van der Waals surface area contributed by atoms with Crippen molar-refractivity contribution in [2.75, 3.05) is 13.7 Å². The fraction of sp³-hybridized carbons (Fsp3) is 0.500. The van der Waals surface area contributed by atoms with Crippen molar-refractivity contribution in [3.8, 4) is 5.95 Å². The molecule has 0 aromatic carbocycles. The molecule has 0 aliphatic rings. The molecule has 0 aliphatic carbocycles. The number of halogens is 3. The lowest BCUT2D eigenvalue weighted by Gasteiger charge is -2.02. The Kier molecular flexibility index (Phi) is 3.41. The SMILES string of the molecule is COC(=O)COc1onc(C(F)(F)F)c1C. The van der Waals surface area contributed by atoms with E-state index >= 15 is 0 Å². The molecule has 0 unspecified atom stereocenters. The number of rotatable bonds is 3. The van der Waals surface area contributed by atoms with Crippen molar-refractivity contribution in [2.45, 2.75) is 13.1 Å². The molecule has 0 atom stereocenters. The van der Waals surface area contributed by atoms with Gasteiger partial charge in [0.2, 0.25) is 0 Å². The van der Waals surface area contributed by atoms with Gasteiger partial charge in [-0.05, 0) is 6.92 Å². The van der Waals surface area contributed by atoms with Crippen LogP contribution in [0.25, 0.3) is 0 Å². The fourth-order valence-electron chi connectivity index (χ4n) is 0.903. The van der Waals surface area contributed by atoms with Crippen LogP contribution in [0.1, 0.15) is 11.3 Å². The summed E-state index contributed by atoms with van der Waals surface area (Å²) in [7, 11) is 1.13. The zero-order valence-corrected chi connectivity index (χ0v) is 8.42. The summed E-state index contributed by atoms with van der Waals surface area (Å²) in [4.78, 5) is 10.7. The Morgan fingerprint density at radius 2 is 2.12 bits per heavy atom. The third-order valence-electron chi connectivity index (χ3n) is 1.70. The predicted octanol–water partition coefficient (Wildman–Crippen LogP) is 1.55. The highest BCUT2D eigenvalue weighted by molar-refractivity contribution is 5.70. The van der Waals surface area contributed by atoms with E-state index in [1.165, 1.54) is 0 Å². The minimum atomic E-state index is -4.61. The molecule has 0 radical (unpaired) electrons. The molecular formula is C8H8F3NO4. The molecule has 0 N–H and O–H groups in total. The summed E-state index contributed by atoms with van der Waals surface area (Å²) in [5.41, 5.74) is -1.48. The van der Waals surface area contributed by atoms with Crippen LogP contribution in [0.3, 0.4) is 0 Å². The summed E-state index contributed by atoms with van der Waals surface area (Å²) in [5, 5.41) is 2.81. The second kappa shape index (κ2) is 4.42. The van der Waals surface area contributed by atoms with E-state index in [4.69, 9.17) is 0 Å². The molecule has 0 saturated carbocycles. The number of hydrogen-bond donors (Lipinski definition) is 0. The molecule has 1 aromatic heterocycles. The summed E-state index contributed by atoms with van der Waals surface area (Å²) in [6.07, 6.45) is -4.61. The summed E-state index contributed by atoms with van der Waals surface area (Å²) in [6.45, 7) is 0.593. The normalized spacial score (nSPS) is 11.3. The van der Waals surface area contributed by atoms with Crippen LogP contribution in [0.5, 0.6) is 5.95 Å². The maximum Gasteiger partial charge on any atom is 0.437 e. The molecule has 0 fully saturated rings. The van der Waals surface area contributed by atoms with Gasteiger partial charge >= 0.3 is 18.1 Å². The summed E-state index contributed by atoms with van der Waals surface area (Å²) >= 11 is 0. The molecule has 0 spiro atoms. The van der Waals surface area contributed by atoms with Crippen LogP contribution in [0.15, 0.2) is 4.52 Å². The van der Waals surface area contributed by atoms with Gasteiger partial charge in [-0.15, -0.1) is 0 Å². The van der Waals surface area contributed by atoms with Crippen molar-refractivity contribution in [1.82, 2.24) is 5.16 Å². The molecule has 16 heavy (non-hydrogen) atoms. The van der Waals surface area contributed by atoms with Gasteiger partial charge in [0.15, 0.2) is 12.3 Å². The average molecular weight is 239 g/mol. The van der Waals surface area contributed by atoms with E-state index in [1.807, 2.05) is 0 Å². The molecule has 1 heterocycles. The second-order valence-electron chi connectivity index (χ2n) is 2.81. The lowest BCUT2D eigenvalue weighted by molar-refractivity contribution is -0.144. The number of alkyl halides is 3. The molecule has 0 saturated heterocycles. The lowest BCUT2D eigenvalue weighted by atomic mass is 10.2. The Morgan fingerprint density at radius 1 is 1.50 bits per heavy atom. The van der Waals surface area contributed by atoms with Gasteiger partial charge in [0.05, 0.1) is 12.7 Å². The van der Waals surface area contributed by atoms with Gasteiger partial charge in [0.25, 0.3) is 0 Å². The Hall–Kier alpha value is -1.73. The van der Waals surface area contributed by atoms with Gasteiger partial charge in [-0.25, -0.2) is 4.79 Å². The van der Waals surface area contributed by atoms with Crippen LogP contribution in [0, 0.1) is 6.92 Å². The smallest absolute Gasteiger partial charge is 0.437 e. The van der Waals surface area contributed by atoms with E-state index in [1.54, 1.807) is 0 Å². The highest BCUT2D eigenvalue weighted by Crippen LogP contribution is 2.34. The number of methoxy groups -OCH3 is 1. The standard InChI is InChI=1S/C8H8F3NO4/c1-4-6(8(9,10)11)12-16-7(4)15-3-5(13)14-2/h3H2,1-2H3. The number of carbonyl (C=O) groups excluding carboxylic acids is 1. The van der Waals surface area contributed by atoms with Crippen LogP contribution in [0.2, 0.25) is 0 Å². The van der Waals surface area contributed by atoms with Gasteiger partial charge in [-0.1, -0.05) is 5.16 Å². The van der Waals surface area contributed by atoms with Crippen molar-refractivity contribution in [1.29, 1.82) is 0 Å². The molecule has 1 aromatic rings. The third-order valence-corrected chi connectivity index (χ3v) is 1.70. The second-order valence-corrected chi connectivity index (χ2v) is 2.81. The Balaban J connectivity index is 2.77. The molecule has 0 aliphatic heterocycles. The lowest BCUT2D eigenvalue weighted by Crippen LogP contribution is -2.13. The first-order valence-corrected chi connectivity index (χ1v) is 4.09. The van der Waals surface area contributed by atoms with E-state index < -0.39 is 30.4 Å². The molecule has 1 rings (SSSR count). The number of carbonyl (C=O) groups is 1. The van der Waals surface area contributed by atoms with Crippen molar-refractivity contribution >= 4 is 5.97 Å². The van der Waals surface area contributed by atoms with Crippen LogP contribution in [0.4, 0.5) is 13.2 Å². The number of hydrogen-bond acceptors (Lipinski definition) is 5. The van der Waals surface area contributed by atoms with E-state index in [9.17, 15) is 18.0 Å². The van der Waals surface area contributed by atoms with Crippen LogP contribution in [-0.4, -0.2) is 24.8 Å². The molecule has 0 amide bonds. The van der Waals surface area contributed by atoms with E-state index in [0.717, 1.165) is 14.0 Å². The zero-order valence-electron chi connectivity index (χ0n) is 8.42. The van der Waals surface area contributed by atoms with Crippen LogP contribution < -0.4 is 4.74 Å². The molecule has 8 heteroatoms. The van der Waals surface area contributed by atoms with Crippen LogP contribution in [-0.2, 0) is 15.7 Å². The quantitative estimate of drug-likeness (QED) is 0.749.